The number of hydrogen-bond donors (Lipinski definition) is 2. The van der Waals surface area contributed by atoms with Crippen LogP contribution < -0.4 is 6.15 Å². The average molecular weight is 226 g/mol. The molecule has 14 heavy (non-hydrogen) atoms. The summed E-state index contributed by atoms with van der Waals surface area (Å²) < 4.78 is 30.3. The molecule has 0 saturated heterocycles. The Labute approximate surface area is 106 Å². The second-order valence-corrected chi connectivity index (χ2v) is 3.83. The molecule has 0 bridgehead atoms. The standard InChI is InChI=1S/C8H10O3S.H3N.Na/c1-2-7-5-3-4-6-8(7)12(9,10)11;;/h3-6H,2H2,1H3,(H,9,10,11);1H3;. The molecule has 4 N–H and O–H groups in total. The maximum absolute atomic E-state index is 10.8. The molecule has 0 saturated carbocycles. The molecule has 0 aromatic heterocycles. The van der Waals surface area contributed by atoms with Gasteiger partial charge in [-0.2, -0.15) is 8.42 Å². The van der Waals surface area contributed by atoms with Gasteiger partial charge in [-0.3, -0.25) is 4.55 Å². The second-order valence-electron chi connectivity index (χ2n) is 2.44. The molecule has 0 unspecified atom stereocenters. The Morgan fingerprint density at radius 1 is 1.29 bits per heavy atom. The maximum atomic E-state index is 10.8. The summed E-state index contributed by atoms with van der Waals surface area (Å²) in [7, 11) is -4.05. The van der Waals surface area contributed by atoms with E-state index in [0.29, 0.717) is 12.0 Å². The summed E-state index contributed by atoms with van der Waals surface area (Å²) >= 11 is 0. The normalized spacial score (nSPS) is 9.86. The molecular formula is C8H13NNaO3S. The SMILES string of the molecule is CCc1ccccc1S(=O)(=O)O.N.[Na]. The van der Waals surface area contributed by atoms with Crippen molar-refractivity contribution < 1.29 is 13.0 Å². The fourth-order valence-electron chi connectivity index (χ4n) is 1.05. The van der Waals surface area contributed by atoms with Crippen LogP contribution in [0.1, 0.15) is 12.5 Å². The molecule has 0 spiro atoms. The van der Waals surface area contributed by atoms with Gasteiger partial charge in [0, 0.05) is 29.6 Å². The van der Waals surface area contributed by atoms with Crippen LogP contribution in [0, 0.1) is 0 Å². The van der Waals surface area contributed by atoms with Gasteiger partial charge in [0.25, 0.3) is 10.1 Å². The van der Waals surface area contributed by atoms with E-state index >= 15 is 0 Å². The van der Waals surface area contributed by atoms with Crippen molar-refractivity contribution in [1.82, 2.24) is 6.15 Å². The maximum Gasteiger partial charge on any atom is 0.294 e. The monoisotopic (exact) mass is 226 g/mol. The topological polar surface area (TPSA) is 89.4 Å². The largest absolute Gasteiger partial charge is 0.344 e. The van der Waals surface area contributed by atoms with Crippen molar-refractivity contribution >= 4 is 39.7 Å². The summed E-state index contributed by atoms with van der Waals surface area (Å²) in [5, 5.41) is 0. The van der Waals surface area contributed by atoms with Gasteiger partial charge in [0.15, 0.2) is 0 Å². The Balaban J connectivity index is 0. The Morgan fingerprint density at radius 3 is 2.14 bits per heavy atom. The molecule has 1 aromatic rings. The van der Waals surface area contributed by atoms with Crippen LogP contribution in [0.15, 0.2) is 29.2 Å². The predicted octanol–water partition coefficient (Wildman–Crippen LogP) is 1.28. The molecule has 0 heterocycles. The van der Waals surface area contributed by atoms with E-state index in [2.05, 4.69) is 0 Å². The van der Waals surface area contributed by atoms with E-state index in [1.807, 2.05) is 6.92 Å². The summed E-state index contributed by atoms with van der Waals surface area (Å²) in [5.41, 5.74) is 0.639. The van der Waals surface area contributed by atoms with E-state index in [4.69, 9.17) is 4.55 Å². The Morgan fingerprint density at radius 2 is 1.79 bits per heavy atom. The number of benzene rings is 1. The molecule has 1 radical (unpaired) electrons. The number of aryl methyl sites for hydroxylation is 1. The fraction of sp³-hybridized carbons (Fsp3) is 0.250. The molecule has 75 valence electrons. The molecule has 4 nitrogen and oxygen atoms in total. The number of hydrogen-bond acceptors (Lipinski definition) is 3. The molecule has 0 atom stereocenters. The second kappa shape index (κ2) is 6.55. The van der Waals surface area contributed by atoms with Crippen LogP contribution in [-0.2, 0) is 16.5 Å². The van der Waals surface area contributed by atoms with E-state index in [1.165, 1.54) is 6.07 Å². The number of rotatable bonds is 2. The van der Waals surface area contributed by atoms with Gasteiger partial charge in [-0.15, -0.1) is 0 Å². The van der Waals surface area contributed by atoms with E-state index in [1.54, 1.807) is 18.2 Å². The Hall–Kier alpha value is 0.0900. The van der Waals surface area contributed by atoms with Crippen LogP contribution >= 0.6 is 0 Å². The first-order valence-electron chi connectivity index (χ1n) is 3.61. The summed E-state index contributed by atoms with van der Waals surface area (Å²) in [6, 6.07) is 6.41. The van der Waals surface area contributed by atoms with E-state index in [-0.39, 0.29) is 40.6 Å². The first-order chi connectivity index (χ1) is 5.55. The van der Waals surface area contributed by atoms with Crippen LogP contribution in [0.3, 0.4) is 0 Å². The zero-order chi connectivity index (χ0) is 9.19. The van der Waals surface area contributed by atoms with Crippen molar-refractivity contribution in [3.05, 3.63) is 29.8 Å². The zero-order valence-corrected chi connectivity index (χ0v) is 11.2. The van der Waals surface area contributed by atoms with Crippen LogP contribution in [0.2, 0.25) is 0 Å². The molecule has 0 fully saturated rings. The van der Waals surface area contributed by atoms with Gasteiger partial charge in [0.05, 0.1) is 4.90 Å². The fourth-order valence-corrected chi connectivity index (χ4v) is 1.84. The van der Waals surface area contributed by atoms with Crippen molar-refractivity contribution in [3.63, 3.8) is 0 Å². The van der Waals surface area contributed by atoms with Crippen LogP contribution in [-0.4, -0.2) is 42.5 Å². The molecule has 6 heteroatoms. The van der Waals surface area contributed by atoms with Gasteiger partial charge < -0.3 is 6.15 Å². The quantitative estimate of drug-likeness (QED) is 0.587. The summed E-state index contributed by atoms with van der Waals surface area (Å²) in [6.45, 7) is 1.84. The van der Waals surface area contributed by atoms with Crippen LogP contribution in [0.4, 0.5) is 0 Å². The van der Waals surface area contributed by atoms with Gasteiger partial charge in [-0.1, -0.05) is 25.1 Å². The van der Waals surface area contributed by atoms with Gasteiger partial charge in [-0.25, -0.2) is 0 Å². The molecular weight excluding hydrogens is 213 g/mol. The minimum atomic E-state index is -4.05. The van der Waals surface area contributed by atoms with Crippen LogP contribution in [0.25, 0.3) is 0 Å². The first kappa shape index (κ1) is 16.5. The predicted molar refractivity (Wildman–Crippen MR) is 56.4 cm³/mol. The van der Waals surface area contributed by atoms with Crippen molar-refractivity contribution in [3.8, 4) is 0 Å². The van der Waals surface area contributed by atoms with Crippen molar-refractivity contribution in [2.75, 3.05) is 0 Å². The third-order valence-corrected chi connectivity index (χ3v) is 2.59. The van der Waals surface area contributed by atoms with E-state index < -0.39 is 10.1 Å². The average Bonchev–Trinajstić information content (AvgIpc) is 2.03. The molecule has 0 aliphatic rings. The van der Waals surface area contributed by atoms with Crippen molar-refractivity contribution in [2.24, 2.45) is 0 Å². The Bertz CT molecular complexity index is 378. The van der Waals surface area contributed by atoms with Gasteiger partial charge >= 0.3 is 0 Å². The molecule has 1 rings (SSSR count). The minimum absolute atomic E-state index is 0. The molecule has 0 aliphatic carbocycles. The summed E-state index contributed by atoms with van der Waals surface area (Å²) in [6.07, 6.45) is 0.593. The molecule has 0 amide bonds. The smallest absolute Gasteiger partial charge is 0.294 e. The van der Waals surface area contributed by atoms with E-state index in [9.17, 15) is 8.42 Å². The third kappa shape index (κ3) is 4.08. The first-order valence-corrected chi connectivity index (χ1v) is 5.05. The van der Waals surface area contributed by atoms with Crippen molar-refractivity contribution in [1.29, 1.82) is 0 Å². The molecule has 1 aromatic carbocycles. The van der Waals surface area contributed by atoms with Gasteiger partial charge in [0.2, 0.25) is 0 Å². The van der Waals surface area contributed by atoms with Gasteiger partial charge in [-0.05, 0) is 18.1 Å². The summed E-state index contributed by atoms with van der Waals surface area (Å²) in [5.74, 6) is 0. The van der Waals surface area contributed by atoms with Crippen LogP contribution in [0.5, 0.6) is 0 Å². The zero-order valence-electron chi connectivity index (χ0n) is 8.40. The van der Waals surface area contributed by atoms with E-state index in [0.717, 1.165) is 0 Å². The third-order valence-electron chi connectivity index (χ3n) is 1.63. The minimum Gasteiger partial charge on any atom is -0.344 e. The summed E-state index contributed by atoms with van der Waals surface area (Å²) in [4.78, 5) is 0.00694. The Kier molecular flexibility index (Phi) is 7.73. The van der Waals surface area contributed by atoms with Crippen molar-refractivity contribution in [2.45, 2.75) is 18.2 Å². The molecule has 0 aliphatic heterocycles. The van der Waals surface area contributed by atoms with Gasteiger partial charge in [0.1, 0.15) is 0 Å².